The van der Waals surface area contributed by atoms with Gasteiger partial charge in [0.25, 0.3) is 0 Å². The lowest BCUT2D eigenvalue weighted by Gasteiger charge is -2.13. The third kappa shape index (κ3) is 2.61. The van der Waals surface area contributed by atoms with Crippen LogP contribution in [0, 0.1) is 5.82 Å². The Balaban J connectivity index is 2.73. The molecular weight excluding hydrogens is 167 g/mol. The number of nitrogen functional groups attached to an aromatic ring is 1. The highest BCUT2D eigenvalue weighted by atomic mass is 19.1. The van der Waals surface area contributed by atoms with E-state index in [0.29, 0.717) is 6.04 Å². The van der Waals surface area contributed by atoms with Crippen molar-refractivity contribution in [2.75, 3.05) is 11.1 Å². The fourth-order valence-corrected chi connectivity index (χ4v) is 1.00. The van der Waals surface area contributed by atoms with Crippen molar-refractivity contribution < 1.29 is 4.39 Å². The number of anilines is 2. The largest absolute Gasteiger partial charge is 0.396 e. The van der Waals surface area contributed by atoms with Gasteiger partial charge in [-0.1, -0.05) is 6.92 Å². The van der Waals surface area contributed by atoms with Crippen molar-refractivity contribution >= 4 is 11.4 Å². The summed E-state index contributed by atoms with van der Waals surface area (Å²) < 4.78 is 13.0. The molecule has 1 aromatic rings. The van der Waals surface area contributed by atoms with Crippen LogP contribution in [-0.4, -0.2) is 6.04 Å². The maximum Gasteiger partial charge on any atom is 0.148 e. The van der Waals surface area contributed by atoms with Crippen LogP contribution < -0.4 is 11.1 Å². The Morgan fingerprint density at radius 1 is 1.54 bits per heavy atom. The van der Waals surface area contributed by atoms with Gasteiger partial charge in [-0.2, -0.15) is 0 Å². The van der Waals surface area contributed by atoms with E-state index in [1.54, 1.807) is 12.1 Å². The number of halogens is 1. The summed E-state index contributed by atoms with van der Waals surface area (Å²) in [5.41, 5.74) is 6.32. The van der Waals surface area contributed by atoms with Gasteiger partial charge in [-0.15, -0.1) is 0 Å². The van der Waals surface area contributed by atoms with Gasteiger partial charge in [0, 0.05) is 11.7 Å². The second-order valence-corrected chi connectivity index (χ2v) is 3.19. The van der Waals surface area contributed by atoms with Gasteiger partial charge < -0.3 is 11.1 Å². The summed E-state index contributed by atoms with van der Waals surface area (Å²) in [7, 11) is 0. The summed E-state index contributed by atoms with van der Waals surface area (Å²) in [6.07, 6.45) is 1.01. The molecule has 13 heavy (non-hydrogen) atoms. The van der Waals surface area contributed by atoms with Gasteiger partial charge in [-0.25, -0.2) is 4.39 Å². The lowest BCUT2D eigenvalue weighted by molar-refractivity contribution is 0.632. The Hall–Kier alpha value is -1.25. The van der Waals surface area contributed by atoms with Crippen molar-refractivity contribution in [3.63, 3.8) is 0 Å². The van der Waals surface area contributed by atoms with Crippen LogP contribution >= 0.6 is 0 Å². The first-order valence-corrected chi connectivity index (χ1v) is 4.45. The predicted molar refractivity (Wildman–Crippen MR) is 54.2 cm³/mol. The molecule has 0 aliphatic heterocycles. The third-order valence-corrected chi connectivity index (χ3v) is 2.03. The molecule has 0 heterocycles. The molecule has 0 saturated heterocycles. The highest BCUT2D eigenvalue weighted by molar-refractivity contribution is 5.52. The van der Waals surface area contributed by atoms with E-state index in [1.807, 2.05) is 6.92 Å². The van der Waals surface area contributed by atoms with Crippen molar-refractivity contribution in [2.45, 2.75) is 26.3 Å². The second kappa shape index (κ2) is 4.12. The summed E-state index contributed by atoms with van der Waals surface area (Å²) in [6, 6.07) is 5.12. The highest BCUT2D eigenvalue weighted by Crippen LogP contribution is 2.16. The van der Waals surface area contributed by atoms with Gasteiger partial charge in [-0.05, 0) is 31.5 Å². The summed E-state index contributed by atoms with van der Waals surface area (Å²) in [4.78, 5) is 0. The van der Waals surface area contributed by atoms with Gasteiger partial charge in [0.15, 0.2) is 0 Å². The van der Waals surface area contributed by atoms with Gasteiger partial charge in [0.1, 0.15) is 5.82 Å². The topological polar surface area (TPSA) is 38.0 Å². The van der Waals surface area contributed by atoms with Crippen LogP contribution in [-0.2, 0) is 0 Å². The van der Waals surface area contributed by atoms with E-state index in [2.05, 4.69) is 12.2 Å². The van der Waals surface area contributed by atoms with Gasteiger partial charge in [0.05, 0.1) is 5.69 Å². The Kier molecular flexibility index (Phi) is 3.12. The minimum Gasteiger partial charge on any atom is -0.396 e. The molecule has 72 valence electrons. The van der Waals surface area contributed by atoms with Crippen molar-refractivity contribution in [2.24, 2.45) is 0 Å². The molecule has 0 bridgehead atoms. The van der Waals surface area contributed by atoms with E-state index in [4.69, 9.17) is 5.73 Å². The molecule has 0 radical (unpaired) electrons. The van der Waals surface area contributed by atoms with Crippen LogP contribution in [0.2, 0.25) is 0 Å². The molecule has 2 nitrogen and oxygen atoms in total. The molecule has 0 aliphatic rings. The minimum absolute atomic E-state index is 0.190. The normalized spacial score (nSPS) is 12.5. The SMILES string of the molecule is CCC(C)Nc1ccc(N)c(F)c1. The summed E-state index contributed by atoms with van der Waals surface area (Å²) in [6.45, 7) is 4.12. The average Bonchev–Trinajstić information content (AvgIpc) is 2.11. The fourth-order valence-electron chi connectivity index (χ4n) is 1.00. The smallest absolute Gasteiger partial charge is 0.148 e. The Labute approximate surface area is 77.9 Å². The third-order valence-electron chi connectivity index (χ3n) is 2.03. The molecule has 1 unspecified atom stereocenters. The van der Waals surface area contributed by atoms with E-state index in [9.17, 15) is 4.39 Å². The quantitative estimate of drug-likeness (QED) is 0.705. The highest BCUT2D eigenvalue weighted by Gasteiger charge is 2.01. The fraction of sp³-hybridized carbons (Fsp3) is 0.400. The number of rotatable bonds is 3. The van der Waals surface area contributed by atoms with Crippen LogP contribution in [0.4, 0.5) is 15.8 Å². The molecule has 1 atom stereocenters. The maximum atomic E-state index is 13.0. The van der Waals surface area contributed by atoms with E-state index < -0.39 is 0 Å². The predicted octanol–water partition coefficient (Wildman–Crippen LogP) is 2.62. The van der Waals surface area contributed by atoms with Gasteiger partial charge in [-0.3, -0.25) is 0 Å². The molecule has 3 N–H and O–H groups in total. The molecule has 0 spiro atoms. The minimum atomic E-state index is -0.367. The maximum absolute atomic E-state index is 13.0. The number of nitrogens with two attached hydrogens (primary N) is 1. The van der Waals surface area contributed by atoms with Crippen LogP contribution in [0.5, 0.6) is 0 Å². The molecule has 0 aromatic heterocycles. The number of nitrogens with one attached hydrogen (secondary N) is 1. The Bertz CT molecular complexity index is 286. The van der Waals surface area contributed by atoms with Crippen LogP contribution in [0.25, 0.3) is 0 Å². The van der Waals surface area contributed by atoms with Crippen molar-refractivity contribution in [1.82, 2.24) is 0 Å². The molecule has 1 aromatic carbocycles. The zero-order valence-electron chi connectivity index (χ0n) is 7.97. The molecule has 0 aliphatic carbocycles. The van der Waals surface area contributed by atoms with E-state index in [-0.39, 0.29) is 11.5 Å². The van der Waals surface area contributed by atoms with Crippen LogP contribution in [0.1, 0.15) is 20.3 Å². The molecule has 1 rings (SSSR count). The summed E-state index contributed by atoms with van der Waals surface area (Å²) in [5, 5.41) is 3.16. The number of hydrogen-bond donors (Lipinski definition) is 2. The lowest BCUT2D eigenvalue weighted by atomic mass is 10.2. The monoisotopic (exact) mass is 182 g/mol. The zero-order valence-corrected chi connectivity index (χ0v) is 7.97. The lowest BCUT2D eigenvalue weighted by Crippen LogP contribution is -2.13. The first-order valence-electron chi connectivity index (χ1n) is 4.45. The van der Waals surface area contributed by atoms with Crippen LogP contribution in [0.3, 0.4) is 0 Å². The van der Waals surface area contributed by atoms with Gasteiger partial charge >= 0.3 is 0 Å². The zero-order chi connectivity index (χ0) is 9.84. The van der Waals surface area contributed by atoms with Gasteiger partial charge in [0.2, 0.25) is 0 Å². The second-order valence-electron chi connectivity index (χ2n) is 3.19. The first-order chi connectivity index (χ1) is 6.13. The average molecular weight is 182 g/mol. The Morgan fingerprint density at radius 2 is 2.23 bits per heavy atom. The first kappa shape index (κ1) is 9.84. The van der Waals surface area contributed by atoms with E-state index >= 15 is 0 Å². The number of hydrogen-bond acceptors (Lipinski definition) is 2. The van der Waals surface area contributed by atoms with Crippen LogP contribution in [0.15, 0.2) is 18.2 Å². The summed E-state index contributed by atoms with van der Waals surface area (Å²) >= 11 is 0. The summed E-state index contributed by atoms with van der Waals surface area (Å²) in [5.74, 6) is -0.367. The molecule has 0 saturated carbocycles. The molecule has 3 heteroatoms. The van der Waals surface area contributed by atoms with E-state index in [1.165, 1.54) is 6.07 Å². The number of benzene rings is 1. The van der Waals surface area contributed by atoms with Crippen molar-refractivity contribution in [3.05, 3.63) is 24.0 Å². The van der Waals surface area contributed by atoms with E-state index in [0.717, 1.165) is 12.1 Å². The van der Waals surface area contributed by atoms with Crippen molar-refractivity contribution in [1.29, 1.82) is 0 Å². The molecule has 0 fully saturated rings. The standard InChI is InChI=1S/C10H15FN2/c1-3-7(2)13-8-4-5-10(12)9(11)6-8/h4-7,13H,3,12H2,1-2H3. The molecule has 0 amide bonds. The van der Waals surface area contributed by atoms with Crippen molar-refractivity contribution in [3.8, 4) is 0 Å². The molecular formula is C10H15FN2. The Morgan fingerprint density at radius 3 is 2.77 bits per heavy atom.